The second-order valence-corrected chi connectivity index (χ2v) is 6.31. The summed E-state index contributed by atoms with van der Waals surface area (Å²) in [5.41, 5.74) is 2.90. The van der Waals surface area contributed by atoms with Crippen molar-refractivity contribution in [3.05, 3.63) is 41.2 Å². The third-order valence-electron chi connectivity index (χ3n) is 4.61. The molecule has 6 nitrogen and oxygen atoms in total. The van der Waals surface area contributed by atoms with E-state index in [1.807, 2.05) is 18.0 Å². The Kier molecular flexibility index (Phi) is 3.17. The largest absolute Gasteiger partial charge is 0.338 e. The van der Waals surface area contributed by atoms with E-state index in [0.717, 1.165) is 36.6 Å². The monoisotopic (exact) mass is 297 g/mol. The molecule has 1 amide bonds. The van der Waals surface area contributed by atoms with Crippen LogP contribution in [0.5, 0.6) is 0 Å². The number of nitrogens with zero attached hydrogens (tertiary/aromatic N) is 4. The van der Waals surface area contributed by atoms with Crippen LogP contribution in [-0.2, 0) is 0 Å². The predicted molar refractivity (Wildman–Crippen MR) is 80.6 cm³/mol. The lowest BCUT2D eigenvalue weighted by Gasteiger charge is -2.16. The summed E-state index contributed by atoms with van der Waals surface area (Å²) in [6.07, 6.45) is 8.50. The molecule has 1 N–H and O–H groups in total. The number of aromatic amines is 1. The van der Waals surface area contributed by atoms with Crippen molar-refractivity contribution in [2.45, 2.75) is 38.0 Å². The number of hydrogen-bond acceptors (Lipinski definition) is 4. The third-order valence-corrected chi connectivity index (χ3v) is 4.61. The number of nitrogens with one attached hydrogen (secondary N) is 1. The Hall–Kier alpha value is -2.24. The van der Waals surface area contributed by atoms with E-state index in [2.05, 4.69) is 20.2 Å². The van der Waals surface area contributed by atoms with Crippen LogP contribution >= 0.6 is 0 Å². The maximum atomic E-state index is 12.6. The molecule has 114 valence electrons. The van der Waals surface area contributed by atoms with Gasteiger partial charge in [0.25, 0.3) is 5.91 Å². The van der Waals surface area contributed by atoms with Crippen LogP contribution in [-0.4, -0.2) is 44.1 Å². The van der Waals surface area contributed by atoms with Crippen molar-refractivity contribution in [2.24, 2.45) is 0 Å². The third kappa shape index (κ3) is 2.38. The van der Waals surface area contributed by atoms with Crippen molar-refractivity contribution in [2.75, 3.05) is 13.1 Å². The quantitative estimate of drug-likeness (QED) is 0.940. The zero-order valence-electron chi connectivity index (χ0n) is 12.6. The van der Waals surface area contributed by atoms with Gasteiger partial charge in [0.2, 0.25) is 0 Å². The van der Waals surface area contributed by atoms with E-state index in [4.69, 9.17) is 0 Å². The zero-order valence-corrected chi connectivity index (χ0v) is 12.6. The van der Waals surface area contributed by atoms with E-state index in [9.17, 15) is 4.79 Å². The van der Waals surface area contributed by atoms with Crippen molar-refractivity contribution in [3.63, 3.8) is 0 Å². The molecule has 3 heterocycles. The number of rotatable bonds is 3. The van der Waals surface area contributed by atoms with Crippen LogP contribution < -0.4 is 0 Å². The van der Waals surface area contributed by atoms with E-state index in [-0.39, 0.29) is 5.91 Å². The number of amides is 1. The molecule has 0 unspecified atom stereocenters. The van der Waals surface area contributed by atoms with Crippen LogP contribution in [0.15, 0.2) is 18.6 Å². The van der Waals surface area contributed by atoms with Crippen LogP contribution in [0, 0.1) is 6.92 Å². The highest BCUT2D eigenvalue weighted by Gasteiger charge is 2.31. The topological polar surface area (TPSA) is 74.8 Å². The van der Waals surface area contributed by atoms with Crippen LogP contribution in [0.3, 0.4) is 0 Å². The van der Waals surface area contributed by atoms with Crippen molar-refractivity contribution < 1.29 is 4.79 Å². The fourth-order valence-corrected chi connectivity index (χ4v) is 3.13. The van der Waals surface area contributed by atoms with Gasteiger partial charge in [-0.2, -0.15) is 5.10 Å². The molecule has 1 saturated heterocycles. The Morgan fingerprint density at radius 2 is 1.95 bits per heavy atom. The molecule has 4 rings (SSSR count). The van der Waals surface area contributed by atoms with Gasteiger partial charge in [0.1, 0.15) is 5.82 Å². The number of likely N-dealkylation sites (tertiary alicyclic amines) is 1. The lowest BCUT2D eigenvalue weighted by molar-refractivity contribution is 0.0789. The molecule has 2 fully saturated rings. The molecule has 0 aromatic carbocycles. The first-order valence-electron chi connectivity index (χ1n) is 7.83. The molecule has 0 bridgehead atoms. The highest BCUT2D eigenvalue weighted by Crippen LogP contribution is 2.37. The maximum absolute atomic E-state index is 12.6. The minimum Gasteiger partial charge on any atom is -0.338 e. The molecule has 2 aliphatic rings. The molecule has 0 radical (unpaired) electrons. The Labute approximate surface area is 129 Å². The summed E-state index contributed by atoms with van der Waals surface area (Å²) in [5, 5.41) is 7.14. The van der Waals surface area contributed by atoms with Gasteiger partial charge in [0.15, 0.2) is 0 Å². The fourth-order valence-electron chi connectivity index (χ4n) is 3.13. The first-order valence-corrected chi connectivity index (χ1v) is 7.83. The summed E-state index contributed by atoms with van der Waals surface area (Å²) in [6, 6.07) is 0. The molecule has 1 aliphatic heterocycles. The molecular weight excluding hydrogens is 278 g/mol. The zero-order chi connectivity index (χ0) is 15.1. The summed E-state index contributed by atoms with van der Waals surface area (Å²) >= 11 is 0. The first kappa shape index (κ1) is 13.4. The summed E-state index contributed by atoms with van der Waals surface area (Å²) in [4.78, 5) is 23.1. The Balaban J connectivity index is 1.46. The van der Waals surface area contributed by atoms with E-state index in [0.29, 0.717) is 17.4 Å². The molecule has 6 heteroatoms. The molecule has 1 aliphatic carbocycles. The van der Waals surface area contributed by atoms with Crippen LogP contribution in [0.1, 0.15) is 58.5 Å². The van der Waals surface area contributed by atoms with Gasteiger partial charge in [-0.1, -0.05) is 0 Å². The Morgan fingerprint density at radius 1 is 1.18 bits per heavy atom. The lowest BCUT2D eigenvalue weighted by Crippen LogP contribution is -2.28. The fraction of sp³-hybridized carbons (Fsp3) is 0.500. The van der Waals surface area contributed by atoms with Crippen LogP contribution in [0.25, 0.3) is 0 Å². The van der Waals surface area contributed by atoms with Gasteiger partial charge in [-0.15, -0.1) is 0 Å². The Morgan fingerprint density at radius 3 is 2.59 bits per heavy atom. The molecule has 0 spiro atoms. The van der Waals surface area contributed by atoms with Gasteiger partial charge in [0.05, 0.1) is 11.8 Å². The van der Waals surface area contributed by atoms with Crippen molar-refractivity contribution in [3.8, 4) is 0 Å². The van der Waals surface area contributed by atoms with Gasteiger partial charge >= 0.3 is 0 Å². The normalized spacial score (nSPS) is 21.3. The van der Waals surface area contributed by atoms with Gasteiger partial charge in [-0.05, 0) is 31.7 Å². The number of H-pyrrole nitrogens is 1. The first-order chi connectivity index (χ1) is 10.7. The lowest BCUT2D eigenvalue weighted by atomic mass is 10.0. The number of carbonyl (C=O) groups is 1. The van der Waals surface area contributed by atoms with E-state index in [1.54, 1.807) is 12.4 Å². The molecular formula is C16H19N5O. The SMILES string of the molecule is Cc1cn[nH]c1[C@H]1CCN(C(=O)c2cnc(C3CC3)nc2)C1. The summed E-state index contributed by atoms with van der Waals surface area (Å²) < 4.78 is 0. The highest BCUT2D eigenvalue weighted by molar-refractivity contribution is 5.93. The van der Waals surface area contributed by atoms with Gasteiger partial charge in [-0.3, -0.25) is 9.89 Å². The Bertz CT molecular complexity index is 689. The second kappa shape index (κ2) is 5.19. The molecule has 22 heavy (non-hydrogen) atoms. The highest BCUT2D eigenvalue weighted by atomic mass is 16.2. The number of carbonyl (C=O) groups excluding carboxylic acids is 1. The van der Waals surface area contributed by atoms with Gasteiger partial charge < -0.3 is 4.90 Å². The van der Waals surface area contributed by atoms with Gasteiger partial charge in [0, 0.05) is 43.0 Å². The maximum Gasteiger partial charge on any atom is 0.257 e. The molecule has 2 aromatic rings. The molecule has 2 aromatic heterocycles. The van der Waals surface area contributed by atoms with E-state index < -0.39 is 0 Å². The number of aromatic nitrogens is 4. The van der Waals surface area contributed by atoms with Crippen molar-refractivity contribution >= 4 is 5.91 Å². The number of hydrogen-bond donors (Lipinski definition) is 1. The summed E-state index contributed by atoms with van der Waals surface area (Å²) in [6.45, 7) is 3.55. The minimum absolute atomic E-state index is 0.0296. The summed E-state index contributed by atoms with van der Waals surface area (Å²) in [7, 11) is 0. The van der Waals surface area contributed by atoms with Crippen molar-refractivity contribution in [1.82, 2.24) is 25.1 Å². The molecule has 1 atom stereocenters. The van der Waals surface area contributed by atoms with Crippen molar-refractivity contribution in [1.29, 1.82) is 0 Å². The predicted octanol–water partition coefficient (Wildman–Crippen LogP) is 2.02. The smallest absolute Gasteiger partial charge is 0.257 e. The number of aryl methyl sites for hydroxylation is 1. The van der Waals surface area contributed by atoms with Gasteiger partial charge in [-0.25, -0.2) is 9.97 Å². The average Bonchev–Trinajstić information content (AvgIpc) is 3.13. The standard InChI is InChI=1S/C16H19N5O/c1-10-6-19-20-14(10)12-4-5-21(9-12)16(22)13-7-17-15(18-8-13)11-2-3-11/h6-8,11-12H,2-5,9H2,1H3,(H,19,20)/t12-/m0/s1. The summed E-state index contributed by atoms with van der Waals surface area (Å²) in [5.74, 6) is 1.77. The minimum atomic E-state index is 0.0296. The van der Waals surface area contributed by atoms with E-state index in [1.165, 1.54) is 12.8 Å². The average molecular weight is 297 g/mol. The second-order valence-electron chi connectivity index (χ2n) is 6.31. The molecule has 1 saturated carbocycles. The van der Waals surface area contributed by atoms with Crippen LogP contribution in [0.2, 0.25) is 0 Å². The van der Waals surface area contributed by atoms with Crippen LogP contribution in [0.4, 0.5) is 0 Å². The van der Waals surface area contributed by atoms with E-state index >= 15 is 0 Å².